The molecule has 0 N–H and O–H groups in total. The molecule has 0 amide bonds. The van der Waals surface area contributed by atoms with Crippen LogP contribution in [0.5, 0.6) is 11.5 Å². The molecule has 0 atom stereocenters. The van der Waals surface area contributed by atoms with E-state index in [-0.39, 0.29) is 49.1 Å². The highest BCUT2D eigenvalue weighted by atomic mass is 19.4. The van der Waals surface area contributed by atoms with Crippen molar-refractivity contribution in [1.29, 1.82) is 0 Å². The van der Waals surface area contributed by atoms with Gasteiger partial charge in [0, 0.05) is 17.7 Å². The van der Waals surface area contributed by atoms with Gasteiger partial charge in [0.25, 0.3) is 0 Å². The van der Waals surface area contributed by atoms with Crippen LogP contribution in [-0.4, -0.2) is 6.18 Å². The first-order valence-corrected chi connectivity index (χ1v) is 13.3. The van der Waals surface area contributed by atoms with Gasteiger partial charge in [-0.2, -0.15) is 22.0 Å². The first-order valence-electron chi connectivity index (χ1n) is 13.3. The minimum absolute atomic E-state index is 0. The van der Waals surface area contributed by atoms with Gasteiger partial charge in [-0.3, -0.25) is 0 Å². The lowest BCUT2D eigenvalue weighted by Gasteiger charge is -2.20. The SMILES string of the molecule is C.CCCCc1ccc(-c2cc(F)c(-c3cc(F)c(C(F)(F)Oc4cc(F)c(O/C=C/C(F)(F)F)c(F)c4)c(F)c3)c(F)c2)c(F)c1. The Morgan fingerprint density at radius 2 is 1.21 bits per heavy atom. The van der Waals surface area contributed by atoms with Crippen molar-refractivity contribution < 1.29 is 62.2 Å². The zero-order valence-electron chi connectivity index (χ0n) is 23.3. The summed E-state index contributed by atoms with van der Waals surface area (Å²) in [4.78, 5) is 0. The normalized spacial score (nSPS) is 11.9. The number of halogens is 12. The van der Waals surface area contributed by atoms with Crippen LogP contribution in [0.25, 0.3) is 22.3 Å². The maximum absolute atomic E-state index is 15.1. The maximum atomic E-state index is 15.1. The number of hydrogen-bond donors (Lipinski definition) is 0. The summed E-state index contributed by atoms with van der Waals surface area (Å²) in [5.74, 6) is -14.1. The van der Waals surface area contributed by atoms with Gasteiger partial charge >= 0.3 is 12.3 Å². The second-order valence-corrected chi connectivity index (χ2v) is 9.84. The highest BCUT2D eigenvalue weighted by Gasteiger charge is 2.42. The van der Waals surface area contributed by atoms with Gasteiger partial charge in [-0.15, -0.1) is 0 Å². The Labute approximate surface area is 260 Å². The average molecular weight is 681 g/mol. The van der Waals surface area contributed by atoms with E-state index in [1.54, 1.807) is 6.07 Å². The molecule has 0 unspecified atom stereocenters. The van der Waals surface area contributed by atoms with Crippen LogP contribution in [0.3, 0.4) is 0 Å². The zero-order valence-corrected chi connectivity index (χ0v) is 23.3. The molecule has 0 bridgehead atoms. The molecule has 4 aromatic carbocycles. The summed E-state index contributed by atoms with van der Waals surface area (Å²) in [6, 6.07) is 5.89. The van der Waals surface area contributed by atoms with Crippen LogP contribution in [0.2, 0.25) is 0 Å². The molecule has 0 fully saturated rings. The third kappa shape index (κ3) is 8.60. The van der Waals surface area contributed by atoms with Crippen molar-refractivity contribution in [3.63, 3.8) is 0 Å². The number of allylic oxidation sites excluding steroid dienone is 1. The molecule has 252 valence electrons. The zero-order chi connectivity index (χ0) is 34.0. The lowest BCUT2D eigenvalue weighted by atomic mass is 9.96. The number of unbranched alkanes of at least 4 members (excludes halogenated alkanes) is 1. The van der Waals surface area contributed by atoms with Crippen molar-refractivity contribution in [2.45, 2.75) is 45.9 Å². The first kappa shape index (κ1) is 36.8. The summed E-state index contributed by atoms with van der Waals surface area (Å²) < 4.78 is 177. The fraction of sp³-hybridized carbons (Fsp3) is 0.212. The van der Waals surface area contributed by atoms with Crippen molar-refractivity contribution in [2.75, 3.05) is 0 Å². The van der Waals surface area contributed by atoms with Gasteiger partial charge in [-0.05, 0) is 59.9 Å². The molecule has 14 heteroatoms. The van der Waals surface area contributed by atoms with Crippen molar-refractivity contribution in [3.8, 4) is 33.8 Å². The molecule has 0 spiro atoms. The van der Waals surface area contributed by atoms with Gasteiger partial charge in [-0.25, -0.2) is 30.7 Å². The Hall–Kier alpha value is -4.62. The van der Waals surface area contributed by atoms with E-state index in [2.05, 4.69) is 9.47 Å². The lowest BCUT2D eigenvalue weighted by molar-refractivity contribution is -0.189. The van der Waals surface area contributed by atoms with E-state index < -0.39 is 87.3 Å². The topological polar surface area (TPSA) is 18.5 Å². The molecule has 0 saturated carbocycles. The molecular weight excluding hydrogens is 656 g/mol. The minimum Gasteiger partial charge on any atom is -0.459 e. The minimum atomic E-state index is -4.98. The van der Waals surface area contributed by atoms with E-state index in [1.807, 2.05) is 6.92 Å². The lowest BCUT2D eigenvalue weighted by Crippen LogP contribution is -2.25. The third-order valence-corrected chi connectivity index (χ3v) is 6.49. The fourth-order valence-electron chi connectivity index (χ4n) is 4.42. The van der Waals surface area contributed by atoms with Crippen LogP contribution in [0, 0.1) is 40.7 Å². The molecule has 0 radical (unpaired) electrons. The predicted molar refractivity (Wildman–Crippen MR) is 149 cm³/mol. The molecule has 47 heavy (non-hydrogen) atoms. The summed E-state index contributed by atoms with van der Waals surface area (Å²) in [5.41, 5.74) is -3.75. The van der Waals surface area contributed by atoms with E-state index in [0.717, 1.165) is 12.8 Å². The molecule has 0 aliphatic carbocycles. The fourth-order valence-corrected chi connectivity index (χ4v) is 4.42. The Balaban J connectivity index is 0.00000600. The van der Waals surface area contributed by atoms with Gasteiger partial charge < -0.3 is 9.47 Å². The van der Waals surface area contributed by atoms with Gasteiger partial charge in [0.05, 0.1) is 17.9 Å². The van der Waals surface area contributed by atoms with Crippen LogP contribution in [0.1, 0.15) is 38.3 Å². The molecule has 0 aliphatic heterocycles. The summed E-state index contributed by atoms with van der Waals surface area (Å²) in [7, 11) is 0. The summed E-state index contributed by atoms with van der Waals surface area (Å²) in [5, 5.41) is 0. The van der Waals surface area contributed by atoms with E-state index in [0.29, 0.717) is 24.1 Å². The maximum Gasteiger partial charge on any atom is 0.432 e. The van der Waals surface area contributed by atoms with Crippen LogP contribution in [0.4, 0.5) is 52.7 Å². The summed E-state index contributed by atoms with van der Waals surface area (Å²) in [6.07, 6.45) is -8.29. The van der Waals surface area contributed by atoms with Gasteiger partial charge in [0.1, 0.15) is 40.4 Å². The molecule has 0 aliphatic rings. The smallest absolute Gasteiger partial charge is 0.432 e. The number of rotatable bonds is 10. The first-order chi connectivity index (χ1) is 21.5. The Morgan fingerprint density at radius 1 is 0.660 bits per heavy atom. The Morgan fingerprint density at radius 3 is 1.72 bits per heavy atom. The standard InChI is InChI=1S/C32H20F12O2.CH4/c1-2-3-4-16-5-6-20(21(33)9-16)17-10-22(34)28(23(35)11-17)18-12-24(36)29(25(37)13-18)32(43,44)46-19-14-26(38)30(27(39)15-19)45-8-7-31(40,41)42;/h5-15H,2-4H2,1H3;1H4/b8-7+;. The monoisotopic (exact) mass is 680 g/mol. The van der Waals surface area contributed by atoms with Crippen molar-refractivity contribution in [2.24, 2.45) is 0 Å². The molecule has 4 rings (SSSR count). The number of alkyl halides is 5. The Bertz CT molecular complexity index is 1710. The number of benzene rings is 4. The van der Waals surface area contributed by atoms with E-state index in [9.17, 15) is 43.9 Å². The van der Waals surface area contributed by atoms with E-state index >= 15 is 8.78 Å². The predicted octanol–water partition coefficient (Wildman–Crippen LogP) is 11.6. The highest BCUT2D eigenvalue weighted by Crippen LogP contribution is 2.40. The Kier molecular flexibility index (Phi) is 11.3. The molecule has 4 aromatic rings. The number of ether oxygens (including phenoxy) is 2. The van der Waals surface area contributed by atoms with Gasteiger partial charge in [0.15, 0.2) is 17.4 Å². The van der Waals surface area contributed by atoms with E-state index in [4.69, 9.17) is 0 Å². The van der Waals surface area contributed by atoms with E-state index in [1.165, 1.54) is 12.1 Å². The van der Waals surface area contributed by atoms with Gasteiger partial charge in [-0.1, -0.05) is 32.9 Å². The van der Waals surface area contributed by atoms with Crippen molar-refractivity contribution in [3.05, 3.63) is 119 Å². The van der Waals surface area contributed by atoms with Crippen LogP contribution >= 0.6 is 0 Å². The second kappa shape index (κ2) is 14.4. The number of aryl methyl sites for hydroxylation is 1. The van der Waals surface area contributed by atoms with Crippen LogP contribution in [0.15, 0.2) is 66.9 Å². The molecule has 0 saturated heterocycles. The van der Waals surface area contributed by atoms with Crippen molar-refractivity contribution in [1.82, 2.24) is 0 Å². The summed E-state index contributed by atoms with van der Waals surface area (Å²) >= 11 is 0. The molecular formula is C33H24F12O2. The highest BCUT2D eigenvalue weighted by molar-refractivity contribution is 5.72. The van der Waals surface area contributed by atoms with Gasteiger partial charge in [0.2, 0.25) is 0 Å². The van der Waals surface area contributed by atoms with Crippen molar-refractivity contribution >= 4 is 0 Å². The third-order valence-electron chi connectivity index (χ3n) is 6.49. The summed E-state index contributed by atoms with van der Waals surface area (Å²) in [6.45, 7) is 1.94. The molecule has 0 heterocycles. The average Bonchev–Trinajstić information content (AvgIpc) is 2.91. The molecule has 2 nitrogen and oxygen atoms in total. The second-order valence-electron chi connectivity index (χ2n) is 9.84. The largest absolute Gasteiger partial charge is 0.459 e. The molecule has 0 aromatic heterocycles. The quantitative estimate of drug-likeness (QED) is 0.123. The number of hydrogen-bond acceptors (Lipinski definition) is 2. The van der Waals surface area contributed by atoms with Crippen LogP contribution in [-0.2, 0) is 12.5 Å². The van der Waals surface area contributed by atoms with Crippen LogP contribution < -0.4 is 9.47 Å².